The first-order valence-electron chi connectivity index (χ1n) is 9.53. The van der Waals surface area contributed by atoms with Crippen molar-refractivity contribution in [3.63, 3.8) is 0 Å². The van der Waals surface area contributed by atoms with Gasteiger partial charge in [-0.25, -0.2) is 4.98 Å². The fraction of sp³-hybridized carbons (Fsp3) is 0.286. The van der Waals surface area contributed by atoms with Crippen molar-refractivity contribution in [3.05, 3.63) is 65.2 Å². The molecule has 2 N–H and O–H groups in total. The Labute approximate surface area is 181 Å². The third-order valence-electron chi connectivity index (χ3n) is 4.41. The molecule has 0 aliphatic rings. The van der Waals surface area contributed by atoms with Gasteiger partial charge in [0.25, 0.3) is 5.91 Å². The second-order valence-electron chi connectivity index (χ2n) is 6.79. The summed E-state index contributed by atoms with van der Waals surface area (Å²) in [4.78, 5) is 16.9. The molecule has 2 aromatic heterocycles. The van der Waals surface area contributed by atoms with Crippen molar-refractivity contribution >= 4 is 17.5 Å². The monoisotopic (exact) mass is 452 g/mol. The molecule has 3 rings (SSSR count). The number of aromatic nitrogens is 3. The molecule has 1 atom stereocenters. The van der Waals surface area contributed by atoms with Gasteiger partial charge in [0.1, 0.15) is 11.4 Å². The molecule has 10 heteroatoms. The molecule has 0 aliphatic carbocycles. The lowest BCUT2D eigenvalue weighted by atomic mass is 10.0. The number of nitrogens with zero attached hydrogens (tertiary/aromatic N) is 2. The van der Waals surface area contributed by atoms with Crippen LogP contribution in [0.1, 0.15) is 42.0 Å². The van der Waals surface area contributed by atoms with Crippen molar-refractivity contribution in [2.24, 2.45) is 0 Å². The Morgan fingerprint density at radius 2 is 2.00 bits per heavy atom. The molecule has 0 spiro atoms. The first-order valence-corrected chi connectivity index (χ1v) is 9.90. The largest absolute Gasteiger partial charge is 0.482 e. The van der Waals surface area contributed by atoms with E-state index in [-0.39, 0.29) is 17.5 Å². The van der Waals surface area contributed by atoms with E-state index in [0.29, 0.717) is 28.3 Å². The summed E-state index contributed by atoms with van der Waals surface area (Å²) in [6, 6.07) is 9.29. The molecule has 1 amide bonds. The van der Waals surface area contributed by atoms with E-state index in [4.69, 9.17) is 16.3 Å². The SMILES string of the molecule is CCCC(NC(=O)c1cc(-c2ccc(Cl)cc2)c(OCC(F)(F)F)cn1)c1cc[nH]n1. The van der Waals surface area contributed by atoms with E-state index < -0.39 is 18.7 Å². The van der Waals surface area contributed by atoms with Crippen molar-refractivity contribution in [1.29, 1.82) is 0 Å². The topological polar surface area (TPSA) is 79.9 Å². The molecule has 0 fully saturated rings. The van der Waals surface area contributed by atoms with Crippen molar-refractivity contribution in [2.75, 3.05) is 6.61 Å². The number of ether oxygens (including phenoxy) is 1. The van der Waals surface area contributed by atoms with Crippen LogP contribution in [-0.4, -0.2) is 33.9 Å². The van der Waals surface area contributed by atoms with Gasteiger partial charge in [-0.05, 0) is 36.2 Å². The molecule has 31 heavy (non-hydrogen) atoms. The van der Waals surface area contributed by atoms with Crippen LogP contribution in [0.25, 0.3) is 11.1 Å². The number of nitrogens with one attached hydrogen (secondary N) is 2. The first-order chi connectivity index (χ1) is 14.8. The van der Waals surface area contributed by atoms with Gasteiger partial charge < -0.3 is 10.1 Å². The van der Waals surface area contributed by atoms with Gasteiger partial charge >= 0.3 is 6.18 Å². The summed E-state index contributed by atoms with van der Waals surface area (Å²) in [5.41, 5.74) is 1.56. The smallest absolute Gasteiger partial charge is 0.422 e. The highest BCUT2D eigenvalue weighted by molar-refractivity contribution is 6.30. The number of amides is 1. The Bertz CT molecular complexity index is 1010. The van der Waals surface area contributed by atoms with E-state index in [1.807, 2.05) is 6.92 Å². The average Bonchev–Trinajstić information content (AvgIpc) is 3.26. The van der Waals surface area contributed by atoms with Crippen molar-refractivity contribution < 1.29 is 22.7 Å². The molecular weight excluding hydrogens is 433 g/mol. The fourth-order valence-electron chi connectivity index (χ4n) is 2.98. The van der Waals surface area contributed by atoms with Gasteiger partial charge in [-0.3, -0.25) is 9.89 Å². The number of alkyl halides is 3. The summed E-state index contributed by atoms with van der Waals surface area (Å²) in [5.74, 6) is -0.562. The van der Waals surface area contributed by atoms with Gasteiger partial charge in [-0.15, -0.1) is 0 Å². The van der Waals surface area contributed by atoms with Gasteiger partial charge in [-0.1, -0.05) is 37.1 Å². The zero-order chi connectivity index (χ0) is 22.4. The van der Waals surface area contributed by atoms with Gasteiger partial charge in [0, 0.05) is 16.8 Å². The van der Waals surface area contributed by atoms with Gasteiger partial charge in [-0.2, -0.15) is 18.3 Å². The zero-order valence-corrected chi connectivity index (χ0v) is 17.3. The second-order valence-corrected chi connectivity index (χ2v) is 7.23. The Hall–Kier alpha value is -3.07. The van der Waals surface area contributed by atoms with Crippen LogP contribution < -0.4 is 10.1 Å². The van der Waals surface area contributed by atoms with E-state index >= 15 is 0 Å². The van der Waals surface area contributed by atoms with Crippen LogP contribution in [0.2, 0.25) is 5.02 Å². The number of benzene rings is 1. The number of pyridine rings is 1. The lowest BCUT2D eigenvalue weighted by Gasteiger charge is -2.17. The highest BCUT2D eigenvalue weighted by Gasteiger charge is 2.29. The van der Waals surface area contributed by atoms with Gasteiger partial charge in [0.2, 0.25) is 0 Å². The van der Waals surface area contributed by atoms with Crippen LogP contribution in [0.5, 0.6) is 5.75 Å². The zero-order valence-electron chi connectivity index (χ0n) is 16.5. The summed E-state index contributed by atoms with van der Waals surface area (Å²) in [5, 5.41) is 10.2. The van der Waals surface area contributed by atoms with Crippen molar-refractivity contribution in [2.45, 2.75) is 32.0 Å². The molecule has 0 bridgehead atoms. The van der Waals surface area contributed by atoms with Crippen LogP contribution in [0.4, 0.5) is 13.2 Å². The minimum Gasteiger partial charge on any atom is -0.482 e. The van der Waals surface area contributed by atoms with Crippen LogP contribution in [-0.2, 0) is 0 Å². The molecule has 2 heterocycles. The minimum atomic E-state index is -4.51. The molecule has 1 aromatic carbocycles. The number of halogens is 4. The normalized spacial score (nSPS) is 12.4. The molecule has 0 radical (unpaired) electrons. The highest BCUT2D eigenvalue weighted by Crippen LogP contribution is 2.32. The molecule has 164 valence electrons. The summed E-state index contributed by atoms with van der Waals surface area (Å²) < 4.78 is 42.9. The Balaban J connectivity index is 1.90. The minimum absolute atomic E-state index is 0.0425. The standard InChI is InChI=1S/C21H20ClF3N4O2/c1-2-3-16(17-8-9-27-29-17)28-20(30)18-10-15(13-4-6-14(22)7-5-13)19(11-26-18)31-12-21(23,24)25/h4-11,16H,2-3,12H2,1H3,(H,27,29)(H,28,30). The van der Waals surface area contributed by atoms with Gasteiger partial charge in [0.15, 0.2) is 6.61 Å². The van der Waals surface area contributed by atoms with E-state index in [9.17, 15) is 18.0 Å². The van der Waals surface area contributed by atoms with Gasteiger partial charge in [0.05, 0.1) is 17.9 Å². The Kier molecular flexibility index (Phi) is 7.17. The van der Waals surface area contributed by atoms with Crippen LogP contribution in [0.15, 0.2) is 48.8 Å². The summed E-state index contributed by atoms with van der Waals surface area (Å²) >= 11 is 5.91. The number of hydrogen-bond acceptors (Lipinski definition) is 4. The molecule has 0 saturated heterocycles. The Morgan fingerprint density at radius 1 is 1.26 bits per heavy atom. The number of carbonyl (C=O) groups is 1. The van der Waals surface area contributed by atoms with E-state index in [1.165, 1.54) is 6.07 Å². The number of hydrogen-bond donors (Lipinski definition) is 2. The summed E-state index contributed by atoms with van der Waals surface area (Å²) in [6.45, 7) is 0.508. The van der Waals surface area contributed by atoms with Crippen molar-refractivity contribution in [3.8, 4) is 16.9 Å². The third kappa shape index (κ3) is 6.21. The fourth-order valence-corrected chi connectivity index (χ4v) is 3.10. The summed E-state index contributed by atoms with van der Waals surface area (Å²) in [6.07, 6.45) is -0.259. The maximum absolute atomic E-state index is 12.8. The summed E-state index contributed by atoms with van der Waals surface area (Å²) in [7, 11) is 0. The van der Waals surface area contributed by atoms with Crippen LogP contribution in [0, 0.1) is 0 Å². The molecule has 3 aromatic rings. The average molecular weight is 453 g/mol. The molecule has 0 saturated carbocycles. The number of H-pyrrole nitrogens is 1. The van der Waals surface area contributed by atoms with Crippen LogP contribution >= 0.6 is 11.6 Å². The van der Waals surface area contributed by atoms with E-state index in [0.717, 1.165) is 12.6 Å². The number of carbonyl (C=O) groups excluding carboxylic acids is 1. The predicted molar refractivity (Wildman–Crippen MR) is 110 cm³/mol. The predicted octanol–water partition coefficient (Wildman–Crippen LogP) is 5.34. The molecular formula is C21H20ClF3N4O2. The molecule has 1 unspecified atom stereocenters. The lowest BCUT2D eigenvalue weighted by Crippen LogP contribution is -2.29. The maximum atomic E-state index is 12.8. The highest BCUT2D eigenvalue weighted by atomic mass is 35.5. The van der Waals surface area contributed by atoms with Crippen LogP contribution in [0.3, 0.4) is 0 Å². The number of aromatic amines is 1. The lowest BCUT2D eigenvalue weighted by molar-refractivity contribution is -0.153. The molecule has 0 aliphatic heterocycles. The molecule has 6 nitrogen and oxygen atoms in total. The quantitative estimate of drug-likeness (QED) is 0.483. The maximum Gasteiger partial charge on any atom is 0.422 e. The second kappa shape index (κ2) is 9.82. The first kappa shape index (κ1) is 22.6. The van der Waals surface area contributed by atoms with E-state index in [1.54, 1.807) is 36.5 Å². The number of rotatable bonds is 8. The third-order valence-corrected chi connectivity index (χ3v) is 4.66. The van der Waals surface area contributed by atoms with Crippen molar-refractivity contribution in [1.82, 2.24) is 20.5 Å². The van der Waals surface area contributed by atoms with E-state index in [2.05, 4.69) is 20.5 Å². The Morgan fingerprint density at radius 3 is 2.61 bits per heavy atom.